The Labute approximate surface area is 169 Å². The van der Waals surface area contributed by atoms with E-state index >= 15 is 0 Å². The quantitative estimate of drug-likeness (QED) is 0.753. The fourth-order valence-corrected chi connectivity index (χ4v) is 5.34. The van der Waals surface area contributed by atoms with E-state index in [2.05, 4.69) is 28.4 Å². The smallest absolute Gasteiger partial charge is 0.224 e. The average molecular weight is 408 g/mol. The van der Waals surface area contributed by atoms with E-state index in [9.17, 15) is 13.2 Å². The number of amides is 1. The summed E-state index contributed by atoms with van der Waals surface area (Å²) in [6, 6.07) is 8.29. The molecule has 0 bridgehead atoms. The first kappa shape index (κ1) is 21.3. The van der Waals surface area contributed by atoms with Crippen molar-refractivity contribution in [3.63, 3.8) is 0 Å². The average Bonchev–Trinajstić information content (AvgIpc) is 2.73. The van der Waals surface area contributed by atoms with E-state index < -0.39 is 10.0 Å². The number of nitrogens with one attached hydrogen (secondary N) is 1. The molecule has 2 heterocycles. The summed E-state index contributed by atoms with van der Waals surface area (Å²) in [7, 11) is -3.23. The van der Waals surface area contributed by atoms with Crippen LogP contribution >= 0.6 is 0 Å². The molecule has 2 aliphatic heterocycles. The highest BCUT2D eigenvalue weighted by Crippen LogP contribution is 2.20. The lowest BCUT2D eigenvalue weighted by Crippen LogP contribution is -2.45. The molecule has 1 N–H and O–H groups in total. The second-order valence-electron chi connectivity index (χ2n) is 7.92. The lowest BCUT2D eigenvalue weighted by atomic mass is 9.98. The number of likely N-dealkylation sites (tertiary alicyclic amines) is 1. The first-order valence-electron chi connectivity index (χ1n) is 10.5. The van der Waals surface area contributed by atoms with Gasteiger partial charge in [0, 0.05) is 26.2 Å². The van der Waals surface area contributed by atoms with E-state index in [1.165, 1.54) is 29.1 Å². The Morgan fingerprint density at radius 1 is 1.07 bits per heavy atom. The van der Waals surface area contributed by atoms with E-state index in [1.807, 2.05) is 6.07 Å². The standard InChI is InChI=1S/C21H33N3O3S/c1-2-28(26,27)24-14-8-11-20(17-24)21(25)22-15-18-9-4-5-10-19(18)16-23-12-6-3-7-13-23/h4-5,9-10,20H,2-3,6-8,11-17H2,1H3,(H,22,25). The number of piperidine rings is 2. The molecule has 2 fully saturated rings. The van der Waals surface area contributed by atoms with Crippen molar-refractivity contribution in [1.82, 2.24) is 14.5 Å². The highest BCUT2D eigenvalue weighted by molar-refractivity contribution is 7.89. The van der Waals surface area contributed by atoms with Crippen molar-refractivity contribution >= 4 is 15.9 Å². The van der Waals surface area contributed by atoms with E-state index in [0.717, 1.165) is 38.0 Å². The second-order valence-corrected chi connectivity index (χ2v) is 10.2. The van der Waals surface area contributed by atoms with Gasteiger partial charge in [-0.15, -0.1) is 0 Å². The molecule has 1 atom stereocenters. The van der Waals surface area contributed by atoms with Crippen LogP contribution < -0.4 is 5.32 Å². The van der Waals surface area contributed by atoms with Crippen LogP contribution in [0.5, 0.6) is 0 Å². The summed E-state index contributed by atoms with van der Waals surface area (Å²) in [5.74, 6) is -0.210. The number of nitrogens with zero attached hydrogens (tertiary/aromatic N) is 2. The number of carbonyl (C=O) groups is 1. The van der Waals surface area contributed by atoms with Gasteiger partial charge in [-0.25, -0.2) is 12.7 Å². The number of carbonyl (C=O) groups excluding carboxylic acids is 1. The number of hydrogen-bond donors (Lipinski definition) is 1. The topological polar surface area (TPSA) is 69.7 Å². The predicted octanol–water partition coefficient (Wildman–Crippen LogP) is 2.35. The predicted molar refractivity (Wildman–Crippen MR) is 111 cm³/mol. The summed E-state index contributed by atoms with van der Waals surface area (Å²) >= 11 is 0. The molecular formula is C21H33N3O3S. The lowest BCUT2D eigenvalue weighted by molar-refractivity contribution is -0.126. The van der Waals surface area contributed by atoms with Crippen molar-refractivity contribution < 1.29 is 13.2 Å². The molecule has 7 heteroatoms. The molecule has 6 nitrogen and oxygen atoms in total. The Kier molecular flexibility index (Phi) is 7.48. The van der Waals surface area contributed by atoms with Gasteiger partial charge in [-0.3, -0.25) is 9.69 Å². The van der Waals surface area contributed by atoms with Gasteiger partial charge >= 0.3 is 0 Å². The van der Waals surface area contributed by atoms with Crippen LogP contribution in [0.4, 0.5) is 0 Å². The van der Waals surface area contributed by atoms with Crippen molar-refractivity contribution in [2.75, 3.05) is 31.9 Å². The molecule has 0 saturated carbocycles. The van der Waals surface area contributed by atoms with E-state index in [-0.39, 0.29) is 17.6 Å². The SMILES string of the molecule is CCS(=O)(=O)N1CCCC(C(=O)NCc2ccccc2CN2CCCCC2)C1. The van der Waals surface area contributed by atoms with Gasteiger partial charge in [-0.05, 0) is 56.8 Å². The molecule has 0 spiro atoms. The highest BCUT2D eigenvalue weighted by Gasteiger charge is 2.31. The fraction of sp³-hybridized carbons (Fsp3) is 0.667. The maximum atomic E-state index is 12.7. The van der Waals surface area contributed by atoms with Crippen LogP contribution in [0.3, 0.4) is 0 Å². The Morgan fingerprint density at radius 2 is 1.79 bits per heavy atom. The van der Waals surface area contributed by atoms with Gasteiger partial charge in [0.25, 0.3) is 0 Å². The Hall–Kier alpha value is -1.44. The van der Waals surface area contributed by atoms with Crippen LogP contribution in [-0.2, 0) is 27.9 Å². The molecule has 1 amide bonds. The number of rotatable bonds is 7. The van der Waals surface area contributed by atoms with Gasteiger partial charge < -0.3 is 5.32 Å². The first-order valence-corrected chi connectivity index (χ1v) is 12.1. The van der Waals surface area contributed by atoms with Gasteiger partial charge in [0.1, 0.15) is 0 Å². The molecule has 1 unspecified atom stereocenters. The summed E-state index contributed by atoms with van der Waals surface area (Å²) in [6.45, 7) is 6.20. The molecule has 156 valence electrons. The van der Waals surface area contributed by atoms with Crippen LogP contribution in [0.1, 0.15) is 50.2 Å². The van der Waals surface area contributed by atoms with Gasteiger partial charge in [0.05, 0.1) is 11.7 Å². The monoisotopic (exact) mass is 407 g/mol. The van der Waals surface area contributed by atoms with Crippen molar-refractivity contribution in [1.29, 1.82) is 0 Å². The van der Waals surface area contributed by atoms with Crippen molar-refractivity contribution in [3.05, 3.63) is 35.4 Å². The van der Waals surface area contributed by atoms with Crippen molar-refractivity contribution in [2.45, 2.75) is 52.1 Å². The van der Waals surface area contributed by atoms with Crippen LogP contribution in [0.25, 0.3) is 0 Å². The molecule has 1 aromatic rings. The molecule has 2 saturated heterocycles. The maximum absolute atomic E-state index is 12.7. The normalized spacial score (nSPS) is 22.1. The molecule has 2 aliphatic rings. The molecule has 3 rings (SSSR count). The van der Waals surface area contributed by atoms with Crippen LogP contribution in [0.15, 0.2) is 24.3 Å². The zero-order valence-electron chi connectivity index (χ0n) is 16.9. The Bertz CT molecular complexity index is 760. The third-order valence-corrected chi connectivity index (χ3v) is 7.78. The number of sulfonamides is 1. The summed E-state index contributed by atoms with van der Waals surface area (Å²) in [6.07, 6.45) is 5.33. The summed E-state index contributed by atoms with van der Waals surface area (Å²) < 4.78 is 25.7. The van der Waals surface area contributed by atoms with Gasteiger partial charge in [0.15, 0.2) is 0 Å². The number of benzene rings is 1. The Balaban J connectivity index is 1.57. The van der Waals surface area contributed by atoms with Crippen molar-refractivity contribution in [2.24, 2.45) is 5.92 Å². The third-order valence-electron chi connectivity index (χ3n) is 5.93. The third kappa shape index (κ3) is 5.55. The summed E-state index contributed by atoms with van der Waals surface area (Å²) in [4.78, 5) is 15.2. The number of hydrogen-bond acceptors (Lipinski definition) is 4. The van der Waals surface area contributed by atoms with Gasteiger partial charge in [-0.2, -0.15) is 0 Å². The fourth-order valence-electron chi connectivity index (χ4n) is 4.16. The van der Waals surface area contributed by atoms with Crippen LogP contribution in [-0.4, -0.2) is 55.5 Å². The summed E-state index contributed by atoms with van der Waals surface area (Å²) in [5.41, 5.74) is 2.42. The molecule has 0 aliphatic carbocycles. The van der Waals surface area contributed by atoms with E-state index in [1.54, 1.807) is 6.92 Å². The zero-order valence-corrected chi connectivity index (χ0v) is 17.7. The van der Waals surface area contributed by atoms with E-state index in [4.69, 9.17) is 0 Å². The summed E-state index contributed by atoms with van der Waals surface area (Å²) in [5, 5.41) is 3.06. The first-order chi connectivity index (χ1) is 13.5. The Morgan fingerprint density at radius 3 is 2.50 bits per heavy atom. The minimum Gasteiger partial charge on any atom is -0.352 e. The second kappa shape index (κ2) is 9.85. The zero-order chi connectivity index (χ0) is 20.0. The van der Waals surface area contributed by atoms with E-state index in [0.29, 0.717) is 19.6 Å². The largest absolute Gasteiger partial charge is 0.352 e. The van der Waals surface area contributed by atoms with Crippen molar-refractivity contribution in [3.8, 4) is 0 Å². The van der Waals surface area contributed by atoms with Crippen LogP contribution in [0, 0.1) is 5.92 Å². The molecule has 1 aromatic carbocycles. The minimum absolute atomic E-state index is 0.0382. The van der Waals surface area contributed by atoms with Crippen LogP contribution in [0.2, 0.25) is 0 Å². The molecule has 0 aromatic heterocycles. The minimum atomic E-state index is -3.23. The molecular weight excluding hydrogens is 374 g/mol. The van der Waals surface area contributed by atoms with Gasteiger partial charge in [-0.1, -0.05) is 30.7 Å². The van der Waals surface area contributed by atoms with Gasteiger partial charge in [0.2, 0.25) is 15.9 Å². The molecule has 28 heavy (non-hydrogen) atoms. The molecule has 0 radical (unpaired) electrons. The maximum Gasteiger partial charge on any atom is 0.224 e. The lowest BCUT2D eigenvalue weighted by Gasteiger charge is -2.31. The highest BCUT2D eigenvalue weighted by atomic mass is 32.2.